The van der Waals surface area contributed by atoms with E-state index in [9.17, 15) is 8.42 Å². The van der Waals surface area contributed by atoms with Gasteiger partial charge in [0.25, 0.3) is 10.2 Å². The van der Waals surface area contributed by atoms with Gasteiger partial charge in [-0.05, 0) is 45.7 Å². The Labute approximate surface area is 122 Å². The summed E-state index contributed by atoms with van der Waals surface area (Å²) in [6.45, 7) is 5.73. The molecule has 3 N–H and O–H groups in total. The summed E-state index contributed by atoms with van der Waals surface area (Å²) >= 11 is 0. The van der Waals surface area contributed by atoms with Crippen molar-refractivity contribution in [2.75, 3.05) is 32.7 Å². The molecule has 0 saturated carbocycles. The van der Waals surface area contributed by atoms with Gasteiger partial charge < -0.3 is 5.73 Å². The number of nitrogens with one attached hydrogen (secondary N) is 1. The quantitative estimate of drug-likeness (QED) is 0.730. The molecule has 2 fully saturated rings. The minimum atomic E-state index is -3.39. The van der Waals surface area contributed by atoms with Crippen molar-refractivity contribution in [1.29, 1.82) is 0 Å². The van der Waals surface area contributed by atoms with E-state index in [4.69, 9.17) is 5.73 Å². The van der Waals surface area contributed by atoms with Crippen LogP contribution in [-0.2, 0) is 10.2 Å². The number of nitrogens with two attached hydrogens (primary N) is 1. The number of likely N-dealkylation sites (tertiary alicyclic amines) is 1. The molecular formula is C13H28N4O2S. The summed E-state index contributed by atoms with van der Waals surface area (Å²) < 4.78 is 29.2. The van der Waals surface area contributed by atoms with Crippen LogP contribution in [0.4, 0.5) is 0 Å². The van der Waals surface area contributed by atoms with E-state index in [1.807, 2.05) is 0 Å². The van der Waals surface area contributed by atoms with Crippen molar-refractivity contribution in [1.82, 2.24) is 13.9 Å². The van der Waals surface area contributed by atoms with Crippen molar-refractivity contribution >= 4 is 10.2 Å². The lowest BCUT2D eigenvalue weighted by atomic mass is 10.1. The summed E-state index contributed by atoms with van der Waals surface area (Å²) in [7, 11) is -3.39. The molecule has 0 spiro atoms. The normalized spacial score (nSPS) is 27.8. The van der Waals surface area contributed by atoms with Gasteiger partial charge in [-0.3, -0.25) is 4.90 Å². The summed E-state index contributed by atoms with van der Waals surface area (Å²) in [5.74, 6) is 0. The second kappa shape index (κ2) is 7.17. The molecule has 2 aliphatic rings. The van der Waals surface area contributed by atoms with Gasteiger partial charge in [-0.1, -0.05) is 6.42 Å². The molecule has 0 aromatic carbocycles. The van der Waals surface area contributed by atoms with E-state index < -0.39 is 10.2 Å². The predicted octanol–water partition coefficient (Wildman–Crippen LogP) is 0.118. The number of hydrogen-bond donors (Lipinski definition) is 2. The standard InChI is InChI=1S/C13H28N4O2S/c1-12(16-7-4-5-8-16)11-15-20(18,19)17-9-3-2-6-13(17)10-14/h12-13,15H,2-11,14H2,1H3. The molecular weight excluding hydrogens is 276 g/mol. The second-order valence-electron chi connectivity index (χ2n) is 5.94. The van der Waals surface area contributed by atoms with E-state index in [1.165, 1.54) is 12.8 Å². The minimum absolute atomic E-state index is 0.0386. The molecule has 2 unspecified atom stereocenters. The first kappa shape index (κ1) is 16.2. The van der Waals surface area contributed by atoms with Crippen LogP contribution in [0.5, 0.6) is 0 Å². The highest BCUT2D eigenvalue weighted by Gasteiger charge is 2.31. The predicted molar refractivity (Wildman–Crippen MR) is 80.6 cm³/mol. The molecule has 20 heavy (non-hydrogen) atoms. The molecule has 6 nitrogen and oxygen atoms in total. The van der Waals surface area contributed by atoms with E-state index >= 15 is 0 Å². The minimum Gasteiger partial charge on any atom is -0.329 e. The van der Waals surface area contributed by atoms with Crippen LogP contribution in [0.3, 0.4) is 0 Å². The van der Waals surface area contributed by atoms with Crippen molar-refractivity contribution in [2.24, 2.45) is 5.73 Å². The van der Waals surface area contributed by atoms with E-state index in [0.717, 1.165) is 32.4 Å². The third-order valence-electron chi connectivity index (χ3n) is 4.48. The van der Waals surface area contributed by atoms with Crippen LogP contribution >= 0.6 is 0 Å². The molecule has 0 aromatic rings. The monoisotopic (exact) mass is 304 g/mol. The Morgan fingerprint density at radius 2 is 1.85 bits per heavy atom. The largest absolute Gasteiger partial charge is 0.329 e. The number of hydrogen-bond acceptors (Lipinski definition) is 4. The van der Waals surface area contributed by atoms with Crippen molar-refractivity contribution in [2.45, 2.75) is 51.1 Å². The van der Waals surface area contributed by atoms with Crippen molar-refractivity contribution in [3.8, 4) is 0 Å². The van der Waals surface area contributed by atoms with Gasteiger partial charge in [0.15, 0.2) is 0 Å². The first-order valence-corrected chi connectivity index (χ1v) is 9.19. The fraction of sp³-hybridized carbons (Fsp3) is 1.00. The summed E-state index contributed by atoms with van der Waals surface area (Å²) in [6, 6.07) is 0.219. The Morgan fingerprint density at radius 3 is 2.50 bits per heavy atom. The van der Waals surface area contributed by atoms with Crippen LogP contribution in [0.25, 0.3) is 0 Å². The zero-order valence-corrected chi connectivity index (χ0v) is 13.2. The highest BCUT2D eigenvalue weighted by Crippen LogP contribution is 2.19. The Hall–Kier alpha value is -0.210. The van der Waals surface area contributed by atoms with E-state index in [0.29, 0.717) is 19.6 Å². The first-order valence-electron chi connectivity index (χ1n) is 7.75. The number of rotatable bonds is 6. The highest BCUT2D eigenvalue weighted by atomic mass is 32.2. The van der Waals surface area contributed by atoms with E-state index in [2.05, 4.69) is 16.5 Å². The molecule has 2 saturated heterocycles. The molecule has 7 heteroatoms. The van der Waals surface area contributed by atoms with Crippen LogP contribution in [-0.4, -0.2) is 62.4 Å². The molecule has 2 aliphatic heterocycles. The van der Waals surface area contributed by atoms with Gasteiger partial charge in [-0.15, -0.1) is 0 Å². The molecule has 2 rings (SSSR count). The fourth-order valence-electron chi connectivity index (χ4n) is 3.15. The average Bonchev–Trinajstić information content (AvgIpc) is 2.99. The molecule has 0 radical (unpaired) electrons. The topological polar surface area (TPSA) is 78.7 Å². The molecule has 0 aromatic heterocycles. The third-order valence-corrected chi connectivity index (χ3v) is 6.11. The zero-order chi connectivity index (χ0) is 14.6. The van der Waals surface area contributed by atoms with E-state index in [1.54, 1.807) is 4.31 Å². The average molecular weight is 304 g/mol. The Bertz CT molecular complexity index is 395. The van der Waals surface area contributed by atoms with Gasteiger partial charge in [0.2, 0.25) is 0 Å². The Balaban J connectivity index is 1.89. The van der Waals surface area contributed by atoms with Crippen LogP contribution in [0.1, 0.15) is 39.0 Å². The lowest BCUT2D eigenvalue weighted by Crippen LogP contribution is -2.53. The fourth-order valence-corrected chi connectivity index (χ4v) is 4.72. The maximum Gasteiger partial charge on any atom is 0.279 e. The summed E-state index contributed by atoms with van der Waals surface area (Å²) in [6.07, 6.45) is 5.31. The number of nitrogens with zero attached hydrogens (tertiary/aromatic N) is 2. The lowest BCUT2D eigenvalue weighted by Gasteiger charge is -2.34. The molecule has 2 heterocycles. The molecule has 0 bridgehead atoms. The third kappa shape index (κ3) is 3.92. The summed E-state index contributed by atoms with van der Waals surface area (Å²) in [5, 5.41) is 0. The molecule has 0 amide bonds. The van der Waals surface area contributed by atoms with Crippen LogP contribution in [0.15, 0.2) is 0 Å². The summed E-state index contributed by atoms with van der Waals surface area (Å²) in [4.78, 5) is 2.35. The number of piperidine rings is 1. The van der Waals surface area contributed by atoms with Gasteiger partial charge in [-0.25, -0.2) is 4.72 Å². The lowest BCUT2D eigenvalue weighted by molar-refractivity contribution is 0.243. The van der Waals surface area contributed by atoms with Crippen LogP contribution in [0, 0.1) is 0 Å². The van der Waals surface area contributed by atoms with Crippen LogP contribution < -0.4 is 10.5 Å². The van der Waals surface area contributed by atoms with Gasteiger partial charge in [0.05, 0.1) is 0 Å². The Morgan fingerprint density at radius 1 is 1.20 bits per heavy atom. The van der Waals surface area contributed by atoms with Gasteiger partial charge in [-0.2, -0.15) is 12.7 Å². The van der Waals surface area contributed by atoms with Gasteiger partial charge in [0.1, 0.15) is 0 Å². The van der Waals surface area contributed by atoms with Crippen molar-refractivity contribution in [3.05, 3.63) is 0 Å². The molecule has 0 aliphatic carbocycles. The Kier molecular flexibility index (Phi) is 5.80. The van der Waals surface area contributed by atoms with Crippen LogP contribution in [0.2, 0.25) is 0 Å². The van der Waals surface area contributed by atoms with E-state index in [-0.39, 0.29) is 12.1 Å². The molecule has 118 valence electrons. The zero-order valence-electron chi connectivity index (χ0n) is 12.4. The van der Waals surface area contributed by atoms with Gasteiger partial charge >= 0.3 is 0 Å². The smallest absolute Gasteiger partial charge is 0.279 e. The second-order valence-corrected chi connectivity index (χ2v) is 7.65. The van der Waals surface area contributed by atoms with Gasteiger partial charge in [0, 0.05) is 31.7 Å². The van der Waals surface area contributed by atoms with Crippen molar-refractivity contribution in [3.63, 3.8) is 0 Å². The summed E-state index contributed by atoms with van der Waals surface area (Å²) in [5.41, 5.74) is 5.70. The maximum absolute atomic E-state index is 12.4. The molecule has 2 atom stereocenters. The first-order chi connectivity index (χ1) is 9.54. The highest BCUT2D eigenvalue weighted by molar-refractivity contribution is 7.87. The maximum atomic E-state index is 12.4. The SMILES string of the molecule is CC(CNS(=O)(=O)N1CCCCC1CN)N1CCCC1. The van der Waals surface area contributed by atoms with Crippen molar-refractivity contribution < 1.29 is 8.42 Å².